The number of hydrogen-bond acceptors (Lipinski definition) is 6. The topological polar surface area (TPSA) is 69.0 Å². The van der Waals surface area contributed by atoms with Crippen LogP contribution in [0.5, 0.6) is 0 Å². The van der Waals surface area contributed by atoms with Crippen LogP contribution in [0.2, 0.25) is 0 Å². The summed E-state index contributed by atoms with van der Waals surface area (Å²) in [5.74, 6) is -0.970. The predicted octanol–water partition coefficient (Wildman–Crippen LogP) is 6.63. The number of carbonyl (C=O) groups is 2. The van der Waals surface area contributed by atoms with Gasteiger partial charge in [-0.05, 0) is 42.5 Å². The third-order valence-electron chi connectivity index (χ3n) is 5.72. The average Bonchev–Trinajstić information content (AvgIpc) is 3.26. The number of furan rings is 1. The molecule has 0 N–H and O–H groups in total. The van der Waals surface area contributed by atoms with Crippen molar-refractivity contribution in [2.45, 2.75) is 0 Å². The van der Waals surface area contributed by atoms with Crippen molar-refractivity contribution in [2.75, 3.05) is 19.1 Å². The maximum Gasteiger partial charge on any atom is 0.339 e. The van der Waals surface area contributed by atoms with Crippen molar-refractivity contribution < 1.29 is 23.5 Å². The molecule has 0 fully saturated rings. The fourth-order valence-electron chi connectivity index (χ4n) is 4.16. The summed E-state index contributed by atoms with van der Waals surface area (Å²) in [6.07, 6.45) is 0. The van der Waals surface area contributed by atoms with Crippen LogP contribution >= 0.6 is 0 Å². The van der Waals surface area contributed by atoms with Crippen molar-refractivity contribution in [3.8, 4) is 0 Å². The SMILES string of the molecule is COC(=O)c1ccccc1N(c1ccc2c(c1)oc1ccccc12)c1ccccc1C(=O)OC. The van der Waals surface area contributed by atoms with Crippen molar-refractivity contribution in [3.63, 3.8) is 0 Å². The lowest BCUT2D eigenvalue weighted by Gasteiger charge is -2.28. The van der Waals surface area contributed by atoms with Crippen LogP contribution in [0, 0.1) is 0 Å². The summed E-state index contributed by atoms with van der Waals surface area (Å²) < 4.78 is 16.2. The molecule has 0 aliphatic rings. The Bertz CT molecular complexity index is 1480. The quantitative estimate of drug-likeness (QED) is 0.279. The van der Waals surface area contributed by atoms with Crippen molar-refractivity contribution in [1.82, 2.24) is 0 Å². The fraction of sp³-hybridized carbons (Fsp3) is 0.0714. The minimum Gasteiger partial charge on any atom is -0.465 e. The lowest BCUT2D eigenvalue weighted by atomic mass is 10.1. The van der Waals surface area contributed by atoms with Crippen LogP contribution in [0.3, 0.4) is 0 Å². The van der Waals surface area contributed by atoms with E-state index in [0.29, 0.717) is 33.8 Å². The van der Waals surface area contributed by atoms with Crippen molar-refractivity contribution in [2.24, 2.45) is 0 Å². The zero-order chi connectivity index (χ0) is 23.7. The molecule has 0 bridgehead atoms. The summed E-state index contributed by atoms with van der Waals surface area (Å²) in [6.45, 7) is 0. The summed E-state index contributed by atoms with van der Waals surface area (Å²) in [5.41, 5.74) is 4.01. The largest absolute Gasteiger partial charge is 0.465 e. The van der Waals surface area contributed by atoms with E-state index in [4.69, 9.17) is 13.9 Å². The molecule has 0 aliphatic carbocycles. The Balaban J connectivity index is 1.79. The minimum absolute atomic E-state index is 0.356. The molecule has 1 heterocycles. The predicted molar refractivity (Wildman–Crippen MR) is 131 cm³/mol. The van der Waals surface area contributed by atoms with E-state index in [1.165, 1.54) is 14.2 Å². The van der Waals surface area contributed by atoms with Gasteiger partial charge < -0.3 is 18.8 Å². The molecule has 1 aromatic heterocycles. The highest BCUT2D eigenvalue weighted by molar-refractivity contribution is 6.07. The summed E-state index contributed by atoms with van der Waals surface area (Å²) in [5, 5.41) is 1.99. The molecule has 6 heteroatoms. The van der Waals surface area contributed by atoms with Gasteiger partial charge in [0.2, 0.25) is 0 Å². The maximum atomic E-state index is 12.6. The van der Waals surface area contributed by atoms with Gasteiger partial charge in [0.1, 0.15) is 11.2 Å². The Kier molecular flexibility index (Phi) is 5.47. The van der Waals surface area contributed by atoms with E-state index in [2.05, 4.69) is 0 Å². The smallest absolute Gasteiger partial charge is 0.339 e. The molecule has 0 unspecified atom stereocenters. The number of nitrogens with zero attached hydrogens (tertiary/aromatic N) is 1. The summed E-state index contributed by atoms with van der Waals surface area (Å²) in [6, 6.07) is 27.8. The van der Waals surface area contributed by atoms with Gasteiger partial charge in [0.05, 0.1) is 36.7 Å². The molecule has 6 nitrogen and oxygen atoms in total. The van der Waals surface area contributed by atoms with Crippen LogP contribution in [0.4, 0.5) is 17.1 Å². The Morgan fingerprint density at radius 2 is 1.18 bits per heavy atom. The molecule has 34 heavy (non-hydrogen) atoms. The van der Waals surface area contributed by atoms with Gasteiger partial charge in [-0.2, -0.15) is 0 Å². The van der Waals surface area contributed by atoms with E-state index in [9.17, 15) is 9.59 Å². The second-order valence-corrected chi connectivity index (χ2v) is 7.63. The van der Waals surface area contributed by atoms with Gasteiger partial charge in [-0.1, -0.05) is 42.5 Å². The number of anilines is 3. The first kappa shape index (κ1) is 21.3. The second-order valence-electron chi connectivity index (χ2n) is 7.63. The van der Waals surface area contributed by atoms with Gasteiger partial charge in [0.25, 0.3) is 0 Å². The zero-order valence-corrected chi connectivity index (χ0v) is 18.6. The molecule has 5 aromatic rings. The molecule has 0 spiro atoms. The Hall–Kier alpha value is -4.58. The van der Waals surface area contributed by atoms with E-state index in [1.54, 1.807) is 24.3 Å². The van der Waals surface area contributed by atoms with Crippen LogP contribution in [-0.2, 0) is 9.47 Å². The monoisotopic (exact) mass is 451 g/mol. The Morgan fingerprint density at radius 3 is 1.79 bits per heavy atom. The summed E-state index contributed by atoms with van der Waals surface area (Å²) in [7, 11) is 2.68. The third-order valence-corrected chi connectivity index (χ3v) is 5.72. The van der Waals surface area contributed by atoms with Crippen molar-refractivity contribution in [1.29, 1.82) is 0 Å². The van der Waals surface area contributed by atoms with Crippen molar-refractivity contribution >= 4 is 50.9 Å². The first-order valence-electron chi connectivity index (χ1n) is 10.7. The maximum absolute atomic E-state index is 12.6. The number of carbonyl (C=O) groups excluding carboxylic acids is 2. The number of rotatable bonds is 5. The first-order chi connectivity index (χ1) is 16.6. The molecule has 4 aromatic carbocycles. The molecule has 0 radical (unpaired) electrons. The highest BCUT2D eigenvalue weighted by Crippen LogP contribution is 2.41. The van der Waals surface area contributed by atoms with Crippen LogP contribution in [0.25, 0.3) is 21.9 Å². The number of esters is 2. The highest BCUT2D eigenvalue weighted by Gasteiger charge is 2.25. The van der Waals surface area contributed by atoms with Gasteiger partial charge in [-0.15, -0.1) is 0 Å². The van der Waals surface area contributed by atoms with Crippen LogP contribution in [0.1, 0.15) is 20.7 Å². The molecule has 168 valence electrons. The third kappa shape index (κ3) is 3.55. The van der Waals surface area contributed by atoms with E-state index in [1.807, 2.05) is 71.6 Å². The van der Waals surface area contributed by atoms with Gasteiger partial charge in [0.15, 0.2) is 0 Å². The lowest BCUT2D eigenvalue weighted by Crippen LogP contribution is -2.18. The zero-order valence-electron chi connectivity index (χ0n) is 18.6. The Morgan fingerprint density at radius 1 is 0.647 bits per heavy atom. The van der Waals surface area contributed by atoms with Crippen LogP contribution < -0.4 is 4.90 Å². The molecule has 0 amide bonds. The number of benzene rings is 4. The number of hydrogen-bond donors (Lipinski definition) is 0. The molecule has 0 atom stereocenters. The minimum atomic E-state index is -0.485. The normalized spacial score (nSPS) is 10.9. The molecule has 0 saturated heterocycles. The van der Waals surface area contributed by atoms with E-state index in [-0.39, 0.29) is 0 Å². The number of fused-ring (bicyclic) bond motifs is 3. The Labute approximate surface area is 195 Å². The van der Waals surface area contributed by atoms with E-state index < -0.39 is 11.9 Å². The summed E-state index contributed by atoms with van der Waals surface area (Å²) in [4.78, 5) is 27.1. The average molecular weight is 451 g/mol. The molecule has 5 rings (SSSR count). The number of methoxy groups -OCH3 is 2. The van der Waals surface area contributed by atoms with Gasteiger partial charge in [0, 0.05) is 22.5 Å². The fourth-order valence-corrected chi connectivity index (χ4v) is 4.16. The first-order valence-corrected chi connectivity index (χ1v) is 10.7. The molecular formula is C28H21NO5. The van der Waals surface area contributed by atoms with Crippen LogP contribution in [0.15, 0.2) is 95.4 Å². The molecular weight excluding hydrogens is 430 g/mol. The van der Waals surface area contributed by atoms with Crippen molar-refractivity contribution in [3.05, 3.63) is 102 Å². The van der Waals surface area contributed by atoms with E-state index >= 15 is 0 Å². The molecule has 0 saturated carbocycles. The lowest BCUT2D eigenvalue weighted by molar-refractivity contribution is 0.0594. The highest BCUT2D eigenvalue weighted by atomic mass is 16.5. The van der Waals surface area contributed by atoms with E-state index in [0.717, 1.165) is 16.4 Å². The van der Waals surface area contributed by atoms with Gasteiger partial charge in [-0.25, -0.2) is 9.59 Å². The summed E-state index contributed by atoms with van der Waals surface area (Å²) >= 11 is 0. The molecule has 0 aliphatic heterocycles. The number of ether oxygens (including phenoxy) is 2. The van der Waals surface area contributed by atoms with Gasteiger partial charge >= 0.3 is 11.9 Å². The standard InChI is InChI=1S/C28H21NO5/c1-32-27(30)21-10-3-6-12-23(21)29(24-13-7-4-11-22(24)28(31)33-2)18-15-16-20-19-9-5-8-14-25(19)34-26(20)17-18/h3-17H,1-2H3. The number of para-hydroxylation sites is 3. The van der Waals surface area contributed by atoms with Crippen LogP contribution in [-0.4, -0.2) is 26.2 Å². The van der Waals surface area contributed by atoms with Gasteiger partial charge in [-0.3, -0.25) is 0 Å². The second kappa shape index (κ2) is 8.75.